The van der Waals surface area contributed by atoms with E-state index in [1.54, 1.807) is 0 Å². The molecule has 3 saturated carbocycles. The molecular formula is C25H32N6. The lowest BCUT2D eigenvalue weighted by Crippen LogP contribution is -2.47. The molecule has 6 heteroatoms. The first-order valence-electron chi connectivity index (χ1n) is 11.4. The number of pyridine rings is 1. The molecule has 2 N–H and O–H groups in total. The van der Waals surface area contributed by atoms with Gasteiger partial charge in [0.25, 0.3) is 0 Å². The van der Waals surface area contributed by atoms with E-state index >= 15 is 0 Å². The molecule has 3 unspecified atom stereocenters. The summed E-state index contributed by atoms with van der Waals surface area (Å²) in [5, 5.41) is 12.3. The Morgan fingerprint density at radius 2 is 2.16 bits per heavy atom. The second-order valence-electron chi connectivity index (χ2n) is 9.63. The number of fused-ring (bicyclic) bond motifs is 4. The van der Waals surface area contributed by atoms with E-state index in [1.807, 2.05) is 27.1 Å². The third kappa shape index (κ3) is 3.58. The minimum atomic E-state index is 0.527. The van der Waals surface area contributed by atoms with E-state index in [2.05, 4.69) is 56.9 Å². The van der Waals surface area contributed by atoms with Gasteiger partial charge in [0.1, 0.15) is 5.82 Å². The Kier molecular flexibility index (Phi) is 4.95. The molecule has 3 aromatic heterocycles. The maximum Gasteiger partial charge on any atom is 0.181 e. The Labute approximate surface area is 183 Å². The van der Waals surface area contributed by atoms with Crippen LogP contribution in [0.5, 0.6) is 0 Å². The van der Waals surface area contributed by atoms with E-state index in [9.17, 15) is 0 Å². The molecular weight excluding hydrogens is 384 g/mol. The van der Waals surface area contributed by atoms with Crippen LogP contribution in [0.1, 0.15) is 56.4 Å². The molecule has 0 radical (unpaired) electrons. The van der Waals surface area contributed by atoms with E-state index in [0.29, 0.717) is 6.04 Å². The number of rotatable bonds is 5. The molecule has 3 aliphatic carbocycles. The third-order valence-electron chi connectivity index (χ3n) is 7.35. The zero-order chi connectivity index (χ0) is 21.7. The van der Waals surface area contributed by atoms with Gasteiger partial charge < -0.3 is 9.88 Å². The molecule has 3 fully saturated rings. The highest BCUT2D eigenvalue weighted by atomic mass is 15.2. The number of H-pyrrole nitrogens is 1. The summed E-state index contributed by atoms with van der Waals surface area (Å²) in [6.07, 6.45) is 9.29. The number of aliphatic imine (C=N–C) groups is 1. The van der Waals surface area contributed by atoms with Gasteiger partial charge in [-0.1, -0.05) is 19.9 Å². The van der Waals surface area contributed by atoms with Crippen molar-refractivity contribution in [3.8, 4) is 0 Å². The maximum atomic E-state index is 5.00. The van der Waals surface area contributed by atoms with Crippen molar-refractivity contribution in [2.45, 2.75) is 52.5 Å². The summed E-state index contributed by atoms with van der Waals surface area (Å²) in [6, 6.07) is 4.74. The van der Waals surface area contributed by atoms with Crippen LogP contribution < -0.4 is 5.32 Å². The summed E-state index contributed by atoms with van der Waals surface area (Å²) in [7, 11) is 2.03. The van der Waals surface area contributed by atoms with Gasteiger partial charge in [-0.05, 0) is 68.6 Å². The molecule has 6 nitrogen and oxygen atoms in total. The van der Waals surface area contributed by atoms with Crippen molar-refractivity contribution < 1.29 is 0 Å². The monoisotopic (exact) mass is 416 g/mol. The molecule has 162 valence electrons. The van der Waals surface area contributed by atoms with Crippen molar-refractivity contribution in [1.29, 1.82) is 0 Å². The summed E-state index contributed by atoms with van der Waals surface area (Å²) in [6.45, 7) is 10.9. The van der Waals surface area contributed by atoms with Crippen molar-refractivity contribution >= 4 is 28.3 Å². The normalized spacial score (nSPS) is 25.9. The maximum absolute atomic E-state index is 5.00. The lowest BCUT2D eigenvalue weighted by atomic mass is 9.63. The van der Waals surface area contributed by atoms with Crippen molar-refractivity contribution in [2.75, 3.05) is 0 Å². The fraction of sp³-hybridized carbons (Fsp3) is 0.480. The predicted molar refractivity (Wildman–Crippen MR) is 126 cm³/mol. The Morgan fingerprint density at radius 1 is 1.32 bits per heavy atom. The van der Waals surface area contributed by atoms with Crippen molar-refractivity contribution in [3.63, 3.8) is 0 Å². The smallest absolute Gasteiger partial charge is 0.181 e. The predicted octanol–water partition coefficient (Wildman–Crippen LogP) is 5.13. The van der Waals surface area contributed by atoms with Gasteiger partial charge in [0.15, 0.2) is 5.65 Å². The zero-order valence-electron chi connectivity index (χ0n) is 18.9. The highest BCUT2D eigenvalue weighted by molar-refractivity contribution is 6.08. The van der Waals surface area contributed by atoms with Crippen LogP contribution in [0.4, 0.5) is 5.82 Å². The number of aryl methyl sites for hydroxylation is 2. The first-order valence-corrected chi connectivity index (χ1v) is 11.4. The van der Waals surface area contributed by atoms with Crippen LogP contribution in [-0.4, -0.2) is 31.5 Å². The molecule has 0 aromatic carbocycles. The summed E-state index contributed by atoms with van der Waals surface area (Å²) in [5.41, 5.74) is 5.66. The van der Waals surface area contributed by atoms with Crippen LogP contribution in [0.2, 0.25) is 0 Å². The van der Waals surface area contributed by atoms with E-state index in [4.69, 9.17) is 4.99 Å². The zero-order valence-corrected chi connectivity index (χ0v) is 18.9. The largest absolute Gasteiger partial charge is 0.382 e. The second-order valence-corrected chi connectivity index (χ2v) is 9.63. The minimum absolute atomic E-state index is 0.527. The first kappa shape index (κ1) is 20.0. The summed E-state index contributed by atoms with van der Waals surface area (Å²) < 4.78 is 2.06. The van der Waals surface area contributed by atoms with Gasteiger partial charge >= 0.3 is 0 Å². The number of nitrogens with one attached hydrogen (secondary N) is 2. The fourth-order valence-electron chi connectivity index (χ4n) is 5.74. The number of nitrogens with zero attached hydrogens (tertiary/aromatic N) is 4. The SMILES string of the molecule is C=C(NC1C[C@@H]2CCC1C(C)C2)c1ccn(C)c1N=C(C)c1[nH]nc2ncc(C)cc12. The molecule has 6 rings (SSSR count). The molecule has 3 aliphatic rings. The van der Waals surface area contributed by atoms with E-state index < -0.39 is 0 Å². The van der Waals surface area contributed by atoms with Gasteiger partial charge in [0.2, 0.25) is 0 Å². The standard InChI is InChI=1S/C25H32N6/c1-14-10-21-23(29-30-24(21)26-13-14)17(4)28-25-20(8-9-31(25)5)16(3)27-22-12-18-6-7-19(22)15(2)11-18/h8-10,13,15,18-19,22,27H,3,6-7,11-12H2,1-2,4-5H3,(H,26,29,30)/t15?,18-,19?,22?/m1/s1. The van der Waals surface area contributed by atoms with Crippen LogP contribution in [0.3, 0.4) is 0 Å². The molecule has 3 heterocycles. The van der Waals surface area contributed by atoms with Gasteiger partial charge in [-0.3, -0.25) is 5.10 Å². The molecule has 0 aliphatic heterocycles. The topological polar surface area (TPSA) is 70.9 Å². The molecule has 2 bridgehead atoms. The van der Waals surface area contributed by atoms with Crippen molar-refractivity contribution in [1.82, 2.24) is 25.1 Å². The minimum Gasteiger partial charge on any atom is -0.382 e. The third-order valence-corrected chi connectivity index (χ3v) is 7.35. The van der Waals surface area contributed by atoms with Gasteiger partial charge in [-0.25, -0.2) is 9.98 Å². The van der Waals surface area contributed by atoms with Gasteiger partial charge in [0, 0.05) is 42.1 Å². The highest BCUT2D eigenvalue weighted by Crippen LogP contribution is 2.45. The van der Waals surface area contributed by atoms with Crippen LogP contribution in [0.25, 0.3) is 16.7 Å². The summed E-state index contributed by atoms with van der Waals surface area (Å²) >= 11 is 0. The molecule has 0 spiro atoms. The van der Waals surface area contributed by atoms with Gasteiger partial charge in [0.05, 0.1) is 11.4 Å². The Morgan fingerprint density at radius 3 is 2.94 bits per heavy atom. The van der Waals surface area contributed by atoms with Crippen LogP contribution in [0, 0.1) is 24.7 Å². The van der Waals surface area contributed by atoms with E-state index in [0.717, 1.165) is 62.8 Å². The van der Waals surface area contributed by atoms with E-state index in [-0.39, 0.29) is 0 Å². The van der Waals surface area contributed by atoms with Crippen molar-refractivity contribution in [3.05, 3.63) is 47.9 Å². The number of hydrogen-bond acceptors (Lipinski definition) is 4. The average molecular weight is 417 g/mol. The van der Waals surface area contributed by atoms with Crippen LogP contribution >= 0.6 is 0 Å². The first-order chi connectivity index (χ1) is 14.9. The molecule has 4 atom stereocenters. The molecule has 0 saturated heterocycles. The molecule has 0 amide bonds. The van der Waals surface area contributed by atoms with Crippen LogP contribution in [0.15, 0.2) is 36.1 Å². The lowest BCUT2D eigenvalue weighted by molar-refractivity contribution is 0.0771. The number of aromatic amines is 1. The molecule has 31 heavy (non-hydrogen) atoms. The summed E-state index contributed by atoms with van der Waals surface area (Å²) in [5.74, 6) is 3.34. The molecule has 3 aromatic rings. The van der Waals surface area contributed by atoms with Gasteiger partial charge in [-0.15, -0.1) is 0 Å². The van der Waals surface area contributed by atoms with Gasteiger partial charge in [-0.2, -0.15) is 5.10 Å². The summed E-state index contributed by atoms with van der Waals surface area (Å²) in [4.78, 5) is 9.40. The second kappa shape index (κ2) is 7.66. The number of hydrogen-bond donors (Lipinski definition) is 2. The number of aromatic nitrogens is 4. The Bertz CT molecular complexity index is 1170. The highest BCUT2D eigenvalue weighted by Gasteiger charge is 2.40. The Balaban J connectivity index is 1.43. The fourth-order valence-corrected chi connectivity index (χ4v) is 5.74. The quantitative estimate of drug-likeness (QED) is 0.566. The average Bonchev–Trinajstić information content (AvgIpc) is 3.31. The van der Waals surface area contributed by atoms with Crippen LogP contribution in [-0.2, 0) is 7.05 Å². The lowest BCUT2D eigenvalue weighted by Gasteiger charge is -2.47. The Hall–Kier alpha value is -2.89. The van der Waals surface area contributed by atoms with E-state index in [1.165, 1.54) is 25.7 Å². The van der Waals surface area contributed by atoms with Crippen molar-refractivity contribution in [2.24, 2.45) is 29.8 Å².